The molecule has 0 aliphatic heterocycles. The Labute approximate surface area is 157 Å². The van der Waals surface area contributed by atoms with E-state index >= 15 is 0 Å². The molecule has 6 heteroatoms. The highest BCUT2D eigenvalue weighted by molar-refractivity contribution is 7.09. The molecule has 0 fully saturated rings. The van der Waals surface area contributed by atoms with Crippen molar-refractivity contribution in [1.29, 1.82) is 0 Å². The summed E-state index contributed by atoms with van der Waals surface area (Å²) in [5.41, 5.74) is 1.23. The van der Waals surface area contributed by atoms with Crippen LogP contribution in [-0.2, 0) is 16.7 Å². The molecular weight excluding hydrogens is 332 g/mol. The summed E-state index contributed by atoms with van der Waals surface area (Å²) in [7, 11) is 0. The zero-order valence-electron chi connectivity index (χ0n) is 17.0. The predicted molar refractivity (Wildman–Crippen MR) is 109 cm³/mol. The smallest absolute Gasteiger partial charge is 0.191 e. The van der Waals surface area contributed by atoms with Crippen molar-refractivity contribution in [2.45, 2.75) is 73.0 Å². The van der Waals surface area contributed by atoms with Crippen molar-refractivity contribution in [3.63, 3.8) is 0 Å². The van der Waals surface area contributed by atoms with Gasteiger partial charge in [-0.25, -0.2) is 9.98 Å². The quantitative estimate of drug-likeness (QED) is 0.512. The van der Waals surface area contributed by atoms with Gasteiger partial charge in [-0.2, -0.15) is 0 Å². The first-order chi connectivity index (χ1) is 11.8. The fourth-order valence-electron chi connectivity index (χ4n) is 2.37. The Morgan fingerprint density at radius 1 is 1.28 bits per heavy atom. The van der Waals surface area contributed by atoms with Crippen molar-refractivity contribution < 1.29 is 4.74 Å². The molecule has 1 aromatic heterocycles. The molecular formula is C19H36N4OS. The number of thiazole rings is 1. The van der Waals surface area contributed by atoms with E-state index < -0.39 is 0 Å². The Kier molecular flexibility index (Phi) is 9.43. The summed E-state index contributed by atoms with van der Waals surface area (Å²) in [5.74, 6) is 1.36. The Balaban J connectivity index is 2.57. The summed E-state index contributed by atoms with van der Waals surface area (Å²) >= 11 is 1.68. The van der Waals surface area contributed by atoms with Gasteiger partial charge in [0.1, 0.15) is 5.01 Å². The van der Waals surface area contributed by atoms with E-state index in [0.29, 0.717) is 12.5 Å². The van der Waals surface area contributed by atoms with Gasteiger partial charge >= 0.3 is 0 Å². The van der Waals surface area contributed by atoms with Gasteiger partial charge in [0.2, 0.25) is 0 Å². The average molecular weight is 369 g/mol. The second-order valence-corrected chi connectivity index (χ2v) is 8.47. The molecule has 0 aliphatic rings. The van der Waals surface area contributed by atoms with Crippen LogP contribution in [0.1, 0.15) is 65.6 Å². The third-order valence-electron chi connectivity index (χ3n) is 3.88. The van der Waals surface area contributed by atoms with Gasteiger partial charge in [0, 0.05) is 30.5 Å². The molecule has 1 atom stereocenters. The molecule has 25 heavy (non-hydrogen) atoms. The van der Waals surface area contributed by atoms with Gasteiger partial charge < -0.3 is 15.4 Å². The molecule has 1 unspecified atom stereocenters. The van der Waals surface area contributed by atoms with Crippen LogP contribution in [0.4, 0.5) is 0 Å². The fourth-order valence-corrected chi connectivity index (χ4v) is 3.32. The molecule has 1 aromatic rings. The van der Waals surface area contributed by atoms with Crippen molar-refractivity contribution in [3.8, 4) is 0 Å². The number of nitrogens with zero attached hydrogens (tertiary/aromatic N) is 2. The van der Waals surface area contributed by atoms with Crippen LogP contribution < -0.4 is 10.6 Å². The predicted octanol–water partition coefficient (Wildman–Crippen LogP) is 3.95. The van der Waals surface area contributed by atoms with Crippen LogP contribution >= 0.6 is 11.3 Å². The summed E-state index contributed by atoms with van der Waals surface area (Å²) < 4.78 is 5.80. The van der Waals surface area contributed by atoms with Gasteiger partial charge in [0.05, 0.1) is 18.3 Å². The number of rotatable bonds is 9. The Morgan fingerprint density at radius 2 is 2.00 bits per heavy atom. The SMILES string of the molecule is CCNC(=NCc1nc(C(C)(C)C)cs1)NCCC(OCC)C(C)C. The number of ether oxygens (including phenoxy) is 1. The second-order valence-electron chi connectivity index (χ2n) is 7.52. The highest BCUT2D eigenvalue weighted by Gasteiger charge is 2.17. The number of guanidine groups is 1. The third kappa shape index (κ3) is 8.19. The van der Waals surface area contributed by atoms with E-state index in [1.165, 1.54) is 0 Å². The van der Waals surface area contributed by atoms with E-state index in [2.05, 4.69) is 62.5 Å². The molecule has 144 valence electrons. The molecule has 2 N–H and O–H groups in total. The minimum atomic E-state index is 0.0896. The monoisotopic (exact) mass is 368 g/mol. The summed E-state index contributed by atoms with van der Waals surface area (Å²) in [6, 6.07) is 0. The number of hydrogen-bond donors (Lipinski definition) is 2. The van der Waals surface area contributed by atoms with Gasteiger partial charge in [-0.3, -0.25) is 0 Å². The zero-order valence-corrected chi connectivity index (χ0v) is 17.8. The van der Waals surface area contributed by atoms with Gasteiger partial charge in [-0.05, 0) is 26.2 Å². The second kappa shape index (κ2) is 10.8. The molecule has 1 heterocycles. The lowest BCUT2D eigenvalue weighted by Crippen LogP contribution is -2.39. The Hall–Kier alpha value is -1.14. The number of aromatic nitrogens is 1. The van der Waals surface area contributed by atoms with Crippen molar-refractivity contribution in [2.24, 2.45) is 10.9 Å². The summed E-state index contributed by atoms with van der Waals surface area (Å²) in [6.45, 7) is 18.1. The maximum atomic E-state index is 5.80. The first-order valence-corrected chi connectivity index (χ1v) is 10.2. The van der Waals surface area contributed by atoms with Crippen LogP contribution in [0.3, 0.4) is 0 Å². The van der Waals surface area contributed by atoms with Gasteiger partial charge in [0.15, 0.2) is 5.96 Å². The number of aliphatic imine (C=N–C) groups is 1. The van der Waals surface area contributed by atoms with Crippen molar-refractivity contribution in [2.75, 3.05) is 19.7 Å². The van der Waals surface area contributed by atoms with E-state index in [1.54, 1.807) is 11.3 Å². The van der Waals surface area contributed by atoms with Crippen LogP contribution in [0, 0.1) is 5.92 Å². The van der Waals surface area contributed by atoms with E-state index in [4.69, 9.17) is 9.72 Å². The lowest BCUT2D eigenvalue weighted by atomic mass is 9.93. The molecule has 0 radical (unpaired) electrons. The minimum absolute atomic E-state index is 0.0896. The normalized spacial score (nSPS) is 14.0. The maximum Gasteiger partial charge on any atom is 0.191 e. The van der Waals surface area contributed by atoms with Crippen molar-refractivity contribution in [3.05, 3.63) is 16.1 Å². The van der Waals surface area contributed by atoms with E-state index in [0.717, 1.165) is 42.8 Å². The van der Waals surface area contributed by atoms with Gasteiger partial charge in [-0.1, -0.05) is 34.6 Å². The first-order valence-electron chi connectivity index (χ1n) is 9.36. The van der Waals surface area contributed by atoms with E-state index in [1.807, 2.05) is 6.92 Å². The third-order valence-corrected chi connectivity index (χ3v) is 4.72. The topological polar surface area (TPSA) is 58.5 Å². The van der Waals surface area contributed by atoms with Gasteiger partial charge in [0.25, 0.3) is 0 Å². The molecule has 0 aliphatic carbocycles. The van der Waals surface area contributed by atoms with E-state index in [9.17, 15) is 0 Å². The molecule has 0 saturated heterocycles. The van der Waals surface area contributed by atoms with Crippen LogP contribution in [0.2, 0.25) is 0 Å². The number of nitrogens with one attached hydrogen (secondary N) is 2. The molecule has 5 nitrogen and oxygen atoms in total. The van der Waals surface area contributed by atoms with Crippen LogP contribution in [0.5, 0.6) is 0 Å². The zero-order chi connectivity index (χ0) is 18.9. The Morgan fingerprint density at radius 3 is 2.52 bits per heavy atom. The average Bonchev–Trinajstić information content (AvgIpc) is 3.00. The van der Waals surface area contributed by atoms with Gasteiger partial charge in [-0.15, -0.1) is 11.3 Å². The summed E-state index contributed by atoms with van der Waals surface area (Å²) in [4.78, 5) is 9.37. The minimum Gasteiger partial charge on any atom is -0.378 e. The molecule has 0 aromatic carbocycles. The maximum absolute atomic E-state index is 5.80. The summed E-state index contributed by atoms with van der Waals surface area (Å²) in [5, 5.41) is 9.90. The molecule has 0 saturated carbocycles. The lowest BCUT2D eigenvalue weighted by Gasteiger charge is -2.21. The Bertz CT molecular complexity index is 520. The first kappa shape index (κ1) is 21.9. The lowest BCUT2D eigenvalue weighted by molar-refractivity contribution is 0.0258. The molecule has 0 amide bonds. The largest absolute Gasteiger partial charge is 0.378 e. The van der Waals surface area contributed by atoms with Crippen LogP contribution in [0.25, 0.3) is 0 Å². The van der Waals surface area contributed by atoms with Crippen LogP contribution in [-0.4, -0.2) is 36.7 Å². The number of hydrogen-bond acceptors (Lipinski definition) is 4. The highest BCUT2D eigenvalue weighted by Crippen LogP contribution is 2.24. The molecule has 0 spiro atoms. The standard InChI is InChI=1S/C19H36N4OS/c1-8-20-18(21-11-10-15(14(3)4)24-9-2)22-12-17-23-16(13-25-17)19(5,6)7/h13-15H,8-12H2,1-7H3,(H2,20,21,22). The fraction of sp³-hybridized carbons (Fsp3) is 0.789. The molecule has 1 rings (SSSR count). The van der Waals surface area contributed by atoms with Crippen molar-refractivity contribution in [1.82, 2.24) is 15.6 Å². The van der Waals surface area contributed by atoms with E-state index in [-0.39, 0.29) is 11.5 Å². The van der Waals surface area contributed by atoms with Crippen molar-refractivity contribution >= 4 is 17.3 Å². The highest BCUT2D eigenvalue weighted by atomic mass is 32.1. The van der Waals surface area contributed by atoms with Crippen LogP contribution in [0.15, 0.2) is 10.4 Å². The molecule has 0 bridgehead atoms. The summed E-state index contributed by atoms with van der Waals surface area (Å²) in [6.07, 6.45) is 1.26.